The number of unbranched alkanes of at least 4 members (excludes halogenated alkanes) is 3. The van der Waals surface area contributed by atoms with Crippen molar-refractivity contribution >= 4 is 5.97 Å². The van der Waals surface area contributed by atoms with E-state index >= 15 is 0 Å². The summed E-state index contributed by atoms with van der Waals surface area (Å²) >= 11 is 0. The van der Waals surface area contributed by atoms with Crippen LogP contribution in [0.15, 0.2) is 24.3 Å². The van der Waals surface area contributed by atoms with Crippen LogP contribution in [0.4, 0.5) is 8.78 Å². The molecule has 25 heavy (non-hydrogen) atoms. The van der Waals surface area contributed by atoms with Crippen molar-refractivity contribution < 1.29 is 18.3 Å². The van der Waals surface area contributed by atoms with Gasteiger partial charge in [0.15, 0.2) is 6.61 Å². The molecule has 0 radical (unpaired) electrons. The minimum atomic E-state index is -2.62. The second kappa shape index (κ2) is 10.5. The molecule has 2 rings (SSSR count). The molecule has 0 saturated heterocycles. The Hall–Kier alpha value is -1.45. The van der Waals surface area contributed by atoms with Crippen molar-refractivity contribution in [2.75, 3.05) is 6.61 Å². The van der Waals surface area contributed by atoms with E-state index in [0.29, 0.717) is 11.5 Å². The van der Waals surface area contributed by atoms with Crippen LogP contribution < -0.4 is 0 Å². The van der Waals surface area contributed by atoms with Gasteiger partial charge in [0.05, 0.1) is 5.56 Å². The second-order valence-corrected chi connectivity index (χ2v) is 7.18. The van der Waals surface area contributed by atoms with E-state index in [0.717, 1.165) is 5.92 Å². The fourth-order valence-electron chi connectivity index (χ4n) is 3.76. The largest absolute Gasteiger partial charge is 0.456 e. The monoisotopic (exact) mass is 352 g/mol. The number of carbonyl (C=O) groups excluding carboxylic acids is 1. The predicted octanol–water partition coefficient (Wildman–Crippen LogP) is 6.35. The molecular formula is C21H30F2O2. The number of alkyl halides is 2. The minimum absolute atomic E-state index is 0.342. The Bertz CT molecular complexity index is 505. The van der Waals surface area contributed by atoms with Crippen molar-refractivity contribution in [2.45, 2.75) is 77.1 Å². The highest BCUT2D eigenvalue weighted by atomic mass is 19.3. The van der Waals surface area contributed by atoms with Crippen LogP contribution in [0.2, 0.25) is 0 Å². The van der Waals surface area contributed by atoms with Crippen LogP contribution >= 0.6 is 0 Å². The topological polar surface area (TPSA) is 26.3 Å². The van der Waals surface area contributed by atoms with Crippen LogP contribution in [0.1, 0.15) is 86.6 Å². The van der Waals surface area contributed by atoms with Gasteiger partial charge in [-0.05, 0) is 55.2 Å². The zero-order valence-corrected chi connectivity index (χ0v) is 15.2. The van der Waals surface area contributed by atoms with Crippen molar-refractivity contribution in [3.8, 4) is 0 Å². The van der Waals surface area contributed by atoms with Gasteiger partial charge in [0.2, 0.25) is 0 Å². The zero-order chi connectivity index (χ0) is 18.1. The van der Waals surface area contributed by atoms with Crippen LogP contribution in [0.5, 0.6) is 0 Å². The third-order valence-corrected chi connectivity index (χ3v) is 5.27. The Morgan fingerprint density at radius 1 is 1.08 bits per heavy atom. The molecule has 1 saturated carbocycles. The van der Waals surface area contributed by atoms with Crippen molar-refractivity contribution in [3.63, 3.8) is 0 Å². The summed E-state index contributed by atoms with van der Waals surface area (Å²) < 4.78 is 28.7. The van der Waals surface area contributed by atoms with Crippen LogP contribution in [0.25, 0.3) is 0 Å². The summed E-state index contributed by atoms with van der Waals surface area (Å²) in [5.74, 6) is 0.748. The first-order valence-electron chi connectivity index (χ1n) is 9.65. The van der Waals surface area contributed by atoms with Crippen LogP contribution in [0.3, 0.4) is 0 Å². The lowest BCUT2D eigenvalue weighted by molar-refractivity contribution is 0.0160. The molecule has 0 unspecified atom stereocenters. The Balaban J connectivity index is 1.76. The molecule has 140 valence electrons. The van der Waals surface area contributed by atoms with E-state index < -0.39 is 19.0 Å². The summed E-state index contributed by atoms with van der Waals surface area (Å²) in [5.41, 5.74) is 1.59. The van der Waals surface area contributed by atoms with Gasteiger partial charge in [0, 0.05) is 0 Å². The fourth-order valence-corrected chi connectivity index (χ4v) is 3.76. The third-order valence-electron chi connectivity index (χ3n) is 5.27. The Labute approximate surface area is 150 Å². The molecule has 1 aromatic rings. The average molecular weight is 352 g/mol. The third kappa shape index (κ3) is 6.75. The minimum Gasteiger partial charge on any atom is -0.456 e. The first kappa shape index (κ1) is 19.9. The average Bonchev–Trinajstić information content (AvgIpc) is 2.64. The number of carbonyl (C=O) groups is 1. The molecule has 1 aliphatic carbocycles. The van der Waals surface area contributed by atoms with E-state index in [1.54, 1.807) is 12.1 Å². The molecule has 1 aliphatic rings. The lowest BCUT2D eigenvalue weighted by Gasteiger charge is -2.29. The van der Waals surface area contributed by atoms with E-state index in [-0.39, 0.29) is 0 Å². The van der Waals surface area contributed by atoms with Crippen LogP contribution in [-0.4, -0.2) is 19.0 Å². The standard InChI is InChI=1S/C21H30F2O2/c1-2-3-4-5-6-16-7-9-17(10-8-16)18-11-13-19(14-12-18)21(24)25-15-20(22)23/h11-14,16-17,20H,2-10,15H2,1H3. The van der Waals surface area contributed by atoms with Crippen molar-refractivity contribution in [3.05, 3.63) is 35.4 Å². The lowest BCUT2D eigenvalue weighted by atomic mass is 9.77. The van der Waals surface area contributed by atoms with Crippen LogP contribution in [-0.2, 0) is 4.74 Å². The highest BCUT2D eigenvalue weighted by Crippen LogP contribution is 2.37. The zero-order valence-electron chi connectivity index (χ0n) is 15.2. The highest BCUT2D eigenvalue weighted by molar-refractivity contribution is 5.89. The summed E-state index contributed by atoms with van der Waals surface area (Å²) in [6.07, 6.45) is 9.07. The number of ether oxygens (including phenoxy) is 1. The highest BCUT2D eigenvalue weighted by Gasteiger charge is 2.22. The van der Waals surface area contributed by atoms with Crippen molar-refractivity contribution in [2.24, 2.45) is 5.92 Å². The van der Waals surface area contributed by atoms with Gasteiger partial charge in [-0.1, -0.05) is 51.2 Å². The maximum absolute atomic E-state index is 12.1. The van der Waals surface area contributed by atoms with Gasteiger partial charge >= 0.3 is 5.97 Å². The van der Waals surface area contributed by atoms with Gasteiger partial charge in [0.25, 0.3) is 6.43 Å². The summed E-state index contributed by atoms with van der Waals surface area (Å²) in [7, 11) is 0. The van der Waals surface area contributed by atoms with E-state index in [4.69, 9.17) is 0 Å². The summed E-state index contributed by atoms with van der Waals surface area (Å²) in [6, 6.07) is 7.29. The summed E-state index contributed by atoms with van der Waals surface area (Å²) in [6.45, 7) is 1.40. The first-order chi connectivity index (χ1) is 12.1. The smallest absolute Gasteiger partial charge is 0.338 e. The quantitative estimate of drug-likeness (QED) is 0.382. The maximum Gasteiger partial charge on any atom is 0.338 e. The summed E-state index contributed by atoms with van der Waals surface area (Å²) in [4.78, 5) is 11.7. The first-order valence-corrected chi connectivity index (χ1v) is 9.65. The number of hydrogen-bond donors (Lipinski definition) is 0. The molecule has 0 amide bonds. The Kier molecular flexibility index (Phi) is 8.36. The number of rotatable bonds is 9. The summed E-state index contributed by atoms with van der Waals surface area (Å²) in [5, 5.41) is 0. The van der Waals surface area contributed by atoms with Gasteiger partial charge in [-0.3, -0.25) is 0 Å². The van der Waals surface area contributed by atoms with Gasteiger partial charge < -0.3 is 4.74 Å². The van der Waals surface area contributed by atoms with Gasteiger partial charge in [-0.25, -0.2) is 13.6 Å². The van der Waals surface area contributed by atoms with E-state index in [1.807, 2.05) is 12.1 Å². The van der Waals surface area contributed by atoms with Crippen molar-refractivity contribution in [1.82, 2.24) is 0 Å². The molecule has 0 aliphatic heterocycles. The van der Waals surface area contributed by atoms with Gasteiger partial charge in [-0.2, -0.15) is 0 Å². The second-order valence-electron chi connectivity index (χ2n) is 7.18. The molecule has 0 N–H and O–H groups in total. The molecule has 1 aromatic carbocycles. The molecule has 4 heteroatoms. The molecule has 0 bridgehead atoms. The number of hydrogen-bond acceptors (Lipinski definition) is 2. The molecule has 2 nitrogen and oxygen atoms in total. The van der Waals surface area contributed by atoms with Crippen molar-refractivity contribution in [1.29, 1.82) is 0 Å². The lowest BCUT2D eigenvalue weighted by Crippen LogP contribution is -2.14. The molecule has 0 heterocycles. The molecule has 1 fully saturated rings. The Morgan fingerprint density at radius 2 is 1.76 bits per heavy atom. The molecule has 0 aromatic heterocycles. The fraction of sp³-hybridized carbons (Fsp3) is 0.667. The van der Waals surface area contributed by atoms with E-state index in [9.17, 15) is 13.6 Å². The normalized spacial score (nSPS) is 20.6. The number of esters is 1. The predicted molar refractivity (Wildman–Crippen MR) is 96.2 cm³/mol. The van der Waals surface area contributed by atoms with E-state index in [1.165, 1.54) is 63.4 Å². The Morgan fingerprint density at radius 3 is 2.36 bits per heavy atom. The van der Waals surface area contributed by atoms with Crippen LogP contribution in [0, 0.1) is 5.92 Å². The molecular weight excluding hydrogens is 322 g/mol. The van der Waals surface area contributed by atoms with Gasteiger partial charge in [-0.15, -0.1) is 0 Å². The molecule has 0 spiro atoms. The van der Waals surface area contributed by atoms with E-state index in [2.05, 4.69) is 11.7 Å². The SMILES string of the molecule is CCCCCCC1CCC(c2ccc(C(=O)OCC(F)F)cc2)CC1. The molecule has 0 atom stereocenters. The number of benzene rings is 1. The van der Waals surface area contributed by atoms with Gasteiger partial charge in [0.1, 0.15) is 0 Å². The number of halogens is 2. The maximum atomic E-state index is 12.1.